The minimum absolute atomic E-state index is 0.115. The molecule has 6 heteroatoms. The average molecular weight is 984 g/mol. The predicted octanol–water partition coefficient (Wildman–Crippen LogP) is 19.6. The maximum absolute atomic E-state index is 12.9. The van der Waals surface area contributed by atoms with Gasteiger partial charge in [-0.05, 0) is 103 Å². The molecule has 0 amide bonds. The van der Waals surface area contributed by atoms with Crippen molar-refractivity contribution in [1.82, 2.24) is 0 Å². The van der Waals surface area contributed by atoms with Crippen LogP contribution in [0.4, 0.5) is 0 Å². The standard InChI is InChI=1S/C65H106O6/c1-4-7-10-13-16-19-22-25-28-30-32-34-37-40-43-46-49-52-55-58-64(67)70-61-62(60-69-63(66)57-54-51-48-45-42-39-36-27-24-21-18-15-12-9-6-3)71-65(68)59-56-53-50-47-44-41-38-35-33-31-29-26-23-20-17-14-11-8-5-2/h7,10,16-17,19-20,25-26,28-29,32-35,40-41,43-44,49,52,62H,4-6,8-9,11-15,18,21-24,27,30-31,36-39,42,45-48,50-51,53-61H2,1-3H3/b10-7-,19-16-,20-17-,28-25-,29-26-,34-32-,35-33-,43-40-,44-41-,52-49-/t62-/m0/s1. The van der Waals surface area contributed by atoms with Crippen molar-refractivity contribution in [2.45, 2.75) is 258 Å². The Kier molecular flexibility index (Phi) is 54.9. The smallest absolute Gasteiger partial charge is 0.306 e. The number of rotatable bonds is 51. The van der Waals surface area contributed by atoms with Gasteiger partial charge in [0.2, 0.25) is 0 Å². The number of hydrogen-bond acceptors (Lipinski definition) is 6. The first kappa shape index (κ1) is 66.8. The molecule has 71 heavy (non-hydrogen) atoms. The topological polar surface area (TPSA) is 78.9 Å². The van der Waals surface area contributed by atoms with E-state index in [4.69, 9.17) is 14.2 Å². The Labute approximate surface area is 437 Å². The zero-order valence-electron chi connectivity index (χ0n) is 45.9. The number of ether oxygens (including phenoxy) is 3. The van der Waals surface area contributed by atoms with Gasteiger partial charge in [0.15, 0.2) is 6.10 Å². The third kappa shape index (κ3) is 56.6. The lowest BCUT2D eigenvalue weighted by Gasteiger charge is -2.18. The number of allylic oxidation sites excluding steroid dienone is 20. The zero-order valence-corrected chi connectivity index (χ0v) is 45.9. The first-order valence-electron chi connectivity index (χ1n) is 29.0. The Morgan fingerprint density at radius 1 is 0.296 bits per heavy atom. The van der Waals surface area contributed by atoms with Gasteiger partial charge in [0.05, 0.1) is 0 Å². The van der Waals surface area contributed by atoms with Crippen LogP contribution in [0.15, 0.2) is 122 Å². The van der Waals surface area contributed by atoms with Crippen molar-refractivity contribution in [3.63, 3.8) is 0 Å². The van der Waals surface area contributed by atoms with Gasteiger partial charge < -0.3 is 14.2 Å². The van der Waals surface area contributed by atoms with Crippen molar-refractivity contribution >= 4 is 17.9 Å². The molecule has 0 heterocycles. The number of esters is 3. The Morgan fingerprint density at radius 2 is 0.577 bits per heavy atom. The molecule has 402 valence electrons. The van der Waals surface area contributed by atoms with E-state index in [0.717, 1.165) is 96.3 Å². The van der Waals surface area contributed by atoms with Gasteiger partial charge in [-0.2, -0.15) is 0 Å². The monoisotopic (exact) mass is 983 g/mol. The number of unbranched alkanes of at least 4 members (excludes halogenated alkanes) is 20. The lowest BCUT2D eigenvalue weighted by Crippen LogP contribution is -2.30. The average Bonchev–Trinajstić information content (AvgIpc) is 3.37. The van der Waals surface area contributed by atoms with E-state index in [0.29, 0.717) is 19.3 Å². The summed E-state index contributed by atoms with van der Waals surface area (Å²) >= 11 is 0. The highest BCUT2D eigenvalue weighted by Crippen LogP contribution is 2.15. The summed E-state index contributed by atoms with van der Waals surface area (Å²) in [5.74, 6) is -1.03. The molecule has 0 fully saturated rings. The van der Waals surface area contributed by atoms with Crippen LogP contribution in [-0.2, 0) is 28.6 Å². The Bertz CT molecular complexity index is 1500. The van der Waals surface area contributed by atoms with Crippen LogP contribution < -0.4 is 0 Å². The van der Waals surface area contributed by atoms with Crippen LogP contribution in [0.1, 0.15) is 252 Å². The van der Waals surface area contributed by atoms with Crippen LogP contribution in [0.2, 0.25) is 0 Å². The molecular weight excluding hydrogens is 877 g/mol. The van der Waals surface area contributed by atoms with E-state index >= 15 is 0 Å². The fraction of sp³-hybridized carbons (Fsp3) is 0.646. The Balaban J connectivity index is 4.57. The van der Waals surface area contributed by atoms with Crippen LogP contribution in [-0.4, -0.2) is 37.2 Å². The second-order valence-corrected chi connectivity index (χ2v) is 18.8. The third-order valence-electron chi connectivity index (χ3n) is 12.0. The predicted molar refractivity (Wildman–Crippen MR) is 306 cm³/mol. The second kappa shape index (κ2) is 58.4. The Hall–Kier alpha value is -4.19. The summed E-state index contributed by atoms with van der Waals surface area (Å²) in [6.45, 7) is 6.41. The highest BCUT2D eigenvalue weighted by atomic mass is 16.6. The van der Waals surface area contributed by atoms with E-state index in [1.807, 2.05) is 6.08 Å². The van der Waals surface area contributed by atoms with Crippen molar-refractivity contribution in [3.8, 4) is 0 Å². The van der Waals surface area contributed by atoms with Gasteiger partial charge in [-0.25, -0.2) is 0 Å². The van der Waals surface area contributed by atoms with Crippen molar-refractivity contribution in [2.24, 2.45) is 0 Å². The summed E-state index contributed by atoms with van der Waals surface area (Å²) in [7, 11) is 0. The van der Waals surface area contributed by atoms with Crippen LogP contribution in [0, 0.1) is 0 Å². The van der Waals surface area contributed by atoms with Crippen molar-refractivity contribution in [2.75, 3.05) is 13.2 Å². The molecule has 0 aliphatic rings. The van der Waals surface area contributed by atoms with Crippen LogP contribution in [0.25, 0.3) is 0 Å². The molecule has 0 bridgehead atoms. The second-order valence-electron chi connectivity index (χ2n) is 18.8. The highest BCUT2D eigenvalue weighted by molar-refractivity contribution is 5.71. The molecule has 0 spiro atoms. The molecule has 1 atom stereocenters. The maximum Gasteiger partial charge on any atom is 0.306 e. The van der Waals surface area contributed by atoms with Crippen LogP contribution >= 0.6 is 0 Å². The summed E-state index contributed by atoms with van der Waals surface area (Å²) in [6, 6.07) is 0. The first-order chi connectivity index (χ1) is 35.0. The van der Waals surface area contributed by atoms with E-state index in [9.17, 15) is 14.4 Å². The molecule has 0 aromatic rings. The third-order valence-corrected chi connectivity index (χ3v) is 12.0. The number of hydrogen-bond donors (Lipinski definition) is 0. The minimum Gasteiger partial charge on any atom is -0.462 e. The molecule has 0 saturated carbocycles. The number of carbonyl (C=O) groups excluding carboxylic acids is 3. The lowest BCUT2D eigenvalue weighted by atomic mass is 10.0. The zero-order chi connectivity index (χ0) is 51.4. The van der Waals surface area contributed by atoms with E-state index < -0.39 is 6.10 Å². The van der Waals surface area contributed by atoms with Gasteiger partial charge in [-0.15, -0.1) is 0 Å². The SMILES string of the molecule is CC/C=C\C/C=C\C/C=C\C/C=C\C/C=C\C/C=C\CCC(=O)OC[C@H](COC(=O)CCCCCCCCCCCCCCCCC)OC(=O)CCCCC/C=C\C/C=C\C/C=C\C/C=C\CCCCC. The molecule has 0 saturated heterocycles. The lowest BCUT2D eigenvalue weighted by molar-refractivity contribution is -0.166. The van der Waals surface area contributed by atoms with E-state index in [-0.39, 0.29) is 44.0 Å². The molecule has 0 unspecified atom stereocenters. The summed E-state index contributed by atoms with van der Waals surface area (Å²) in [5, 5.41) is 0. The molecule has 0 N–H and O–H groups in total. The van der Waals surface area contributed by atoms with E-state index in [1.54, 1.807) is 0 Å². The molecule has 0 aromatic carbocycles. The summed E-state index contributed by atoms with van der Waals surface area (Å²) in [6.07, 6.45) is 80.5. The number of carbonyl (C=O) groups is 3. The van der Waals surface area contributed by atoms with Crippen molar-refractivity contribution in [1.29, 1.82) is 0 Å². The van der Waals surface area contributed by atoms with E-state index in [1.165, 1.54) is 103 Å². The van der Waals surface area contributed by atoms with Crippen molar-refractivity contribution in [3.05, 3.63) is 122 Å². The molecule has 0 radical (unpaired) electrons. The summed E-state index contributed by atoms with van der Waals surface area (Å²) in [5.41, 5.74) is 0. The molecule has 6 nitrogen and oxygen atoms in total. The fourth-order valence-corrected chi connectivity index (χ4v) is 7.63. The van der Waals surface area contributed by atoms with Gasteiger partial charge >= 0.3 is 17.9 Å². The van der Waals surface area contributed by atoms with Gasteiger partial charge in [0.25, 0.3) is 0 Å². The Morgan fingerprint density at radius 3 is 0.972 bits per heavy atom. The largest absolute Gasteiger partial charge is 0.462 e. The van der Waals surface area contributed by atoms with Gasteiger partial charge in [-0.3, -0.25) is 14.4 Å². The fourth-order valence-electron chi connectivity index (χ4n) is 7.63. The normalized spacial score (nSPS) is 13.0. The molecule has 0 rings (SSSR count). The summed E-state index contributed by atoms with van der Waals surface area (Å²) in [4.78, 5) is 38.1. The van der Waals surface area contributed by atoms with Gasteiger partial charge in [0.1, 0.15) is 13.2 Å². The first-order valence-corrected chi connectivity index (χ1v) is 29.0. The maximum atomic E-state index is 12.9. The molecular formula is C65H106O6. The quantitative estimate of drug-likeness (QED) is 0.0261. The minimum atomic E-state index is -0.828. The van der Waals surface area contributed by atoms with Gasteiger partial charge in [0, 0.05) is 19.3 Å². The van der Waals surface area contributed by atoms with Gasteiger partial charge in [-0.1, -0.05) is 251 Å². The van der Waals surface area contributed by atoms with E-state index in [2.05, 4.69) is 136 Å². The molecule has 0 aromatic heterocycles. The van der Waals surface area contributed by atoms with Crippen molar-refractivity contribution < 1.29 is 28.6 Å². The molecule has 0 aliphatic carbocycles. The highest BCUT2D eigenvalue weighted by Gasteiger charge is 2.19. The van der Waals surface area contributed by atoms with Crippen LogP contribution in [0.3, 0.4) is 0 Å². The van der Waals surface area contributed by atoms with Crippen LogP contribution in [0.5, 0.6) is 0 Å². The summed E-state index contributed by atoms with van der Waals surface area (Å²) < 4.78 is 16.8. The molecule has 0 aliphatic heterocycles.